The molecule has 2 rings (SSSR count). The number of thiocarbonyl (C=S) groups is 1. The van der Waals surface area contributed by atoms with Crippen LogP contribution >= 0.6 is 12.2 Å². The van der Waals surface area contributed by atoms with Gasteiger partial charge in [0.25, 0.3) is 0 Å². The number of halogens is 1. The van der Waals surface area contributed by atoms with Crippen LogP contribution in [0.25, 0.3) is 0 Å². The lowest BCUT2D eigenvalue weighted by molar-refractivity contribution is 0.121. The van der Waals surface area contributed by atoms with Gasteiger partial charge in [0.05, 0.1) is 13.2 Å². The molecule has 2 aromatic rings. The standard InChI is InChI=1S/C15H15FN2OS/c16-14-5-4-11(15(17)20)9-12(14)10-19-8-6-13-3-1-2-7-18-13/h1-5,7,9H,6,8,10H2,(H2,17,20). The molecule has 1 aromatic heterocycles. The van der Waals surface area contributed by atoms with Crippen molar-refractivity contribution >= 4 is 17.2 Å². The molecule has 0 aliphatic heterocycles. The quantitative estimate of drug-likeness (QED) is 0.656. The highest BCUT2D eigenvalue weighted by molar-refractivity contribution is 7.80. The van der Waals surface area contributed by atoms with E-state index in [9.17, 15) is 4.39 Å². The van der Waals surface area contributed by atoms with Gasteiger partial charge in [0.1, 0.15) is 10.8 Å². The van der Waals surface area contributed by atoms with Gasteiger partial charge in [-0.1, -0.05) is 18.3 Å². The number of pyridine rings is 1. The lowest BCUT2D eigenvalue weighted by atomic mass is 10.1. The van der Waals surface area contributed by atoms with Crippen LogP contribution in [0, 0.1) is 5.82 Å². The zero-order valence-corrected chi connectivity index (χ0v) is 11.7. The average Bonchev–Trinajstić information content (AvgIpc) is 2.46. The molecule has 0 saturated carbocycles. The largest absolute Gasteiger partial charge is 0.389 e. The Morgan fingerprint density at radius 3 is 2.85 bits per heavy atom. The van der Waals surface area contributed by atoms with Crippen LogP contribution in [-0.4, -0.2) is 16.6 Å². The number of hydrogen-bond acceptors (Lipinski definition) is 3. The molecule has 0 spiro atoms. The van der Waals surface area contributed by atoms with E-state index in [0.717, 1.165) is 5.69 Å². The van der Waals surface area contributed by atoms with Crippen LogP contribution in [0.3, 0.4) is 0 Å². The summed E-state index contributed by atoms with van der Waals surface area (Å²) in [7, 11) is 0. The maximum atomic E-state index is 13.6. The Labute approximate surface area is 122 Å². The van der Waals surface area contributed by atoms with Crippen molar-refractivity contribution in [3.8, 4) is 0 Å². The lowest BCUT2D eigenvalue weighted by Gasteiger charge is -2.07. The minimum absolute atomic E-state index is 0.190. The van der Waals surface area contributed by atoms with Gasteiger partial charge < -0.3 is 10.5 Å². The van der Waals surface area contributed by atoms with Gasteiger partial charge in [0.2, 0.25) is 0 Å². The van der Waals surface area contributed by atoms with Crippen LogP contribution in [0.1, 0.15) is 16.8 Å². The Hall–Kier alpha value is -1.85. The Balaban J connectivity index is 1.88. The molecule has 0 bridgehead atoms. The molecule has 0 unspecified atom stereocenters. The van der Waals surface area contributed by atoms with Crippen molar-refractivity contribution in [2.75, 3.05) is 6.61 Å². The number of benzene rings is 1. The van der Waals surface area contributed by atoms with Gasteiger partial charge in [0.15, 0.2) is 0 Å². The topological polar surface area (TPSA) is 48.1 Å². The molecule has 0 aliphatic carbocycles. The predicted molar refractivity (Wildman–Crippen MR) is 79.9 cm³/mol. The Bertz CT molecular complexity index is 590. The molecule has 0 amide bonds. The van der Waals surface area contributed by atoms with Crippen LogP contribution in [0.15, 0.2) is 42.6 Å². The minimum atomic E-state index is -0.317. The smallest absolute Gasteiger partial charge is 0.128 e. The van der Waals surface area contributed by atoms with E-state index in [0.29, 0.717) is 24.2 Å². The number of hydrogen-bond donors (Lipinski definition) is 1. The van der Waals surface area contributed by atoms with E-state index in [2.05, 4.69) is 4.98 Å². The van der Waals surface area contributed by atoms with Crippen LogP contribution in [-0.2, 0) is 17.8 Å². The van der Waals surface area contributed by atoms with Gasteiger partial charge >= 0.3 is 0 Å². The summed E-state index contributed by atoms with van der Waals surface area (Å²) in [5, 5.41) is 0. The molecule has 3 nitrogen and oxygen atoms in total. The number of nitrogens with zero attached hydrogens (tertiary/aromatic N) is 1. The second-order valence-electron chi connectivity index (χ2n) is 4.29. The molecular weight excluding hydrogens is 275 g/mol. The van der Waals surface area contributed by atoms with Gasteiger partial charge in [-0.25, -0.2) is 4.39 Å². The van der Waals surface area contributed by atoms with E-state index in [1.165, 1.54) is 6.07 Å². The first kappa shape index (κ1) is 14.6. The van der Waals surface area contributed by atoms with Crippen molar-refractivity contribution in [1.82, 2.24) is 4.98 Å². The van der Waals surface area contributed by atoms with E-state index in [1.807, 2.05) is 18.2 Å². The van der Waals surface area contributed by atoms with E-state index in [1.54, 1.807) is 18.3 Å². The first-order valence-corrected chi connectivity index (χ1v) is 6.63. The number of rotatable bonds is 6. The predicted octanol–water partition coefficient (Wildman–Crippen LogP) is 2.61. The minimum Gasteiger partial charge on any atom is -0.389 e. The third-order valence-electron chi connectivity index (χ3n) is 2.82. The SMILES string of the molecule is NC(=S)c1ccc(F)c(COCCc2ccccn2)c1. The third-order valence-corrected chi connectivity index (χ3v) is 3.05. The highest BCUT2D eigenvalue weighted by atomic mass is 32.1. The fraction of sp³-hybridized carbons (Fsp3) is 0.200. The first-order valence-electron chi connectivity index (χ1n) is 6.22. The molecule has 0 fully saturated rings. The van der Waals surface area contributed by atoms with Gasteiger partial charge in [-0.2, -0.15) is 0 Å². The maximum Gasteiger partial charge on any atom is 0.128 e. The summed E-state index contributed by atoms with van der Waals surface area (Å²) in [6.07, 6.45) is 2.43. The molecule has 1 heterocycles. The molecular formula is C15H15FN2OS. The van der Waals surface area contributed by atoms with E-state index < -0.39 is 0 Å². The van der Waals surface area contributed by atoms with Crippen molar-refractivity contribution < 1.29 is 9.13 Å². The number of nitrogens with two attached hydrogens (primary N) is 1. The Morgan fingerprint density at radius 1 is 1.30 bits per heavy atom. The van der Waals surface area contributed by atoms with Gasteiger partial charge in [-0.3, -0.25) is 4.98 Å². The monoisotopic (exact) mass is 290 g/mol. The van der Waals surface area contributed by atoms with Crippen LogP contribution in [0.4, 0.5) is 4.39 Å². The highest BCUT2D eigenvalue weighted by Crippen LogP contribution is 2.12. The lowest BCUT2D eigenvalue weighted by Crippen LogP contribution is -2.10. The summed E-state index contributed by atoms with van der Waals surface area (Å²) in [6, 6.07) is 10.3. The molecule has 20 heavy (non-hydrogen) atoms. The molecule has 0 aliphatic rings. The summed E-state index contributed by atoms with van der Waals surface area (Å²) in [4.78, 5) is 4.44. The van der Waals surface area contributed by atoms with Crippen molar-refractivity contribution in [2.45, 2.75) is 13.0 Å². The summed E-state index contributed by atoms with van der Waals surface area (Å²) in [5.74, 6) is -0.317. The first-order chi connectivity index (χ1) is 9.66. The van der Waals surface area contributed by atoms with E-state index in [-0.39, 0.29) is 17.4 Å². The molecule has 0 atom stereocenters. The molecule has 0 radical (unpaired) electrons. The third kappa shape index (κ3) is 4.08. The zero-order valence-electron chi connectivity index (χ0n) is 10.9. The fourth-order valence-corrected chi connectivity index (χ4v) is 1.87. The zero-order chi connectivity index (χ0) is 14.4. The van der Waals surface area contributed by atoms with E-state index >= 15 is 0 Å². The average molecular weight is 290 g/mol. The fourth-order valence-electron chi connectivity index (χ4n) is 1.74. The Kier molecular flexibility index (Phi) is 5.15. The van der Waals surface area contributed by atoms with Crippen LogP contribution in [0.2, 0.25) is 0 Å². The van der Waals surface area contributed by atoms with Gasteiger partial charge in [-0.05, 0) is 30.3 Å². The van der Waals surface area contributed by atoms with Gasteiger partial charge in [0, 0.05) is 29.4 Å². The van der Waals surface area contributed by atoms with Crippen molar-refractivity contribution in [1.29, 1.82) is 0 Å². The molecule has 5 heteroatoms. The van der Waals surface area contributed by atoms with Crippen molar-refractivity contribution in [3.05, 3.63) is 65.2 Å². The molecule has 2 N–H and O–H groups in total. The maximum absolute atomic E-state index is 13.6. The second-order valence-corrected chi connectivity index (χ2v) is 4.73. The normalized spacial score (nSPS) is 10.4. The number of aromatic nitrogens is 1. The number of ether oxygens (including phenoxy) is 1. The summed E-state index contributed by atoms with van der Waals surface area (Å²) < 4.78 is 19.1. The Morgan fingerprint density at radius 2 is 2.15 bits per heavy atom. The van der Waals surface area contributed by atoms with E-state index in [4.69, 9.17) is 22.7 Å². The summed E-state index contributed by atoms with van der Waals surface area (Å²) >= 11 is 4.87. The van der Waals surface area contributed by atoms with Crippen molar-refractivity contribution in [3.63, 3.8) is 0 Å². The highest BCUT2D eigenvalue weighted by Gasteiger charge is 2.05. The summed E-state index contributed by atoms with van der Waals surface area (Å²) in [5.41, 5.74) is 7.57. The molecule has 0 saturated heterocycles. The van der Waals surface area contributed by atoms with Crippen LogP contribution < -0.4 is 5.73 Å². The van der Waals surface area contributed by atoms with Crippen molar-refractivity contribution in [2.24, 2.45) is 5.73 Å². The van der Waals surface area contributed by atoms with Crippen LogP contribution in [0.5, 0.6) is 0 Å². The van der Waals surface area contributed by atoms with Gasteiger partial charge in [-0.15, -0.1) is 0 Å². The summed E-state index contributed by atoms with van der Waals surface area (Å²) in [6.45, 7) is 0.670. The molecule has 104 valence electrons. The molecule has 1 aromatic carbocycles. The second kappa shape index (κ2) is 7.07.